The van der Waals surface area contributed by atoms with E-state index in [2.05, 4.69) is 356 Å². The minimum atomic E-state index is -0.245. The molecule has 0 aliphatic carbocycles. The molecule has 2 aliphatic rings. The maximum absolute atomic E-state index is 5.34. The maximum atomic E-state index is 5.34. The van der Waals surface area contributed by atoms with Crippen molar-refractivity contribution in [1.82, 2.24) is 19.1 Å². The molecule has 13 aromatic carbocycles. The largest absolute Gasteiger partial charge is 0.310 e. The van der Waals surface area contributed by atoms with Crippen LogP contribution in [0.25, 0.3) is 111 Å². The second kappa shape index (κ2) is 21.4. The molecule has 0 radical (unpaired) electrons. The SMILES string of the molecule is CC1(C)c2ccccc2N(c2ccc(-c3cc(-c4ccc(N5c6ccccc6C(C)(C)c6ccc(-c7ccc8c(c7)c7ccccc7n8-c7ccccc7)cc65)cc4)nc(-c4ccccc4)n3)cc2)c2cc(-c3ccc4c(c3)c3ccccc3n4-c3ccccc3)ccc21. The van der Waals surface area contributed by atoms with E-state index in [9.17, 15) is 0 Å². The Kier molecular flexibility index (Phi) is 12.5. The molecule has 6 heteroatoms. The van der Waals surface area contributed by atoms with E-state index in [-0.39, 0.29) is 10.8 Å². The Morgan fingerprint density at radius 2 is 0.574 bits per heavy atom. The highest BCUT2D eigenvalue weighted by atomic mass is 15.2. The molecule has 0 saturated heterocycles. The summed E-state index contributed by atoms with van der Waals surface area (Å²) in [5.74, 6) is 0.675. The summed E-state index contributed by atoms with van der Waals surface area (Å²) in [6.07, 6.45) is 0. The number of fused-ring (bicyclic) bond motifs is 10. The molecule has 5 heterocycles. The van der Waals surface area contributed by atoms with E-state index in [1.807, 2.05) is 6.07 Å². The summed E-state index contributed by atoms with van der Waals surface area (Å²) in [7, 11) is 0. The molecule has 0 fully saturated rings. The fraction of sp³-hybridized carbons (Fsp3) is 0.0682. The number of hydrogen-bond acceptors (Lipinski definition) is 4. The van der Waals surface area contributed by atoms with Crippen LogP contribution in [0.4, 0.5) is 34.1 Å². The topological polar surface area (TPSA) is 42.1 Å². The smallest absolute Gasteiger partial charge is 0.160 e. The number of para-hydroxylation sites is 6. The average molecular weight is 1210 g/mol. The zero-order valence-electron chi connectivity index (χ0n) is 52.7. The molecule has 6 nitrogen and oxygen atoms in total. The summed E-state index contributed by atoms with van der Waals surface area (Å²) in [5, 5.41) is 4.94. The molecular weight excluding hydrogens is 1140 g/mol. The highest BCUT2D eigenvalue weighted by molar-refractivity contribution is 6.12. The van der Waals surface area contributed by atoms with Crippen molar-refractivity contribution in [2.24, 2.45) is 0 Å². The van der Waals surface area contributed by atoms with Gasteiger partial charge in [0.25, 0.3) is 0 Å². The third-order valence-corrected chi connectivity index (χ3v) is 20.1. The highest BCUT2D eigenvalue weighted by Gasteiger charge is 2.39. The molecule has 2 aliphatic heterocycles. The van der Waals surface area contributed by atoms with E-state index >= 15 is 0 Å². The van der Waals surface area contributed by atoms with Crippen molar-refractivity contribution >= 4 is 77.7 Å². The van der Waals surface area contributed by atoms with Gasteiger partial charge < -0.3 is 18.9 Å². The fourth-order valence-corrected chi connectivity index (χ4v) is 15.4. The van der Waals surface area contributed by atoms with Gasteiger partial charge in [0.1, 0.15) is 0 Å². The van der Waals surface area contributed by atoms with Crippen LogP contribution in [0.1, 0.15) is 49.9 Å². The first-order valence-electron chi connectivity index (χ1n) is 32.5. The first kappa shape index (κ1) is 55.0. The first-order valence-corrected chi connectivity index (χ1v) is 32.5. The van der Waals surface area contributed by atoms with E-state index in [4.69, 9.17) is 9.97 Å². The van der Waals surface area contributed by atoms with Crippen LogP contribution < -0.4 is 9.80 Å². The Hall–Kier alpha value is -11.9. The molecule has 94 heavy (non-hydrogen) atoms. The van der Waals surface area contributed by atoms with Gasteiger partial charge in [0, 0.05) is 71.8 Å². The van der Waals surface area contributed by atoms with E-state index in [1.165, 1.54) is 111 Å². The number of rotatable bonds is 9. The first-order chi connectivity index (χ1) is 46.1. The predicted octanol–water partition coefficient (Wildman–Crippen LogP) is 23.2. The van der Waals surface area contributed by atoms with Gasteiger partial charge in [-0.25, -0.2) is 9.97 Å². The second-order valence-electron chi connectivity index (χ2n) is 26.2. The van der Waals surface area contributed by atoms with E-state index in [1.54, 1.807) is 0 Å². The number of aromatic nitrogens is 4. The molecule has 16 aromatic rings. The van der Waals surface area contributed by atoms with Gasteiger partial charge in [-0.2, -0.15) is 0 Å². The van der Waals surface area contributed by atoms with E-state index in [0.717, 1.165) is 50.8 Å². The van der Waals surface area contributed by atoms with E-state index in [0.29, 0.717) is 5.82 Å². The van der Waals surface area contributed by atoms with Crippen LogP contribution in [0.3, 0.4) is 0 Å². The standard InChI is InChI=1S/C88H64N6/c1-87(2)72-30-16-20-34-82(72)93(84-54-62(40-48-74(84)87)60-42-50-80-70(52-60)68-28-14-18-32-78(68)91(80)64-24-10-6-11-25-64)66-44-36-57(37-45-66)76-56-77(90-86(89-76)59-22-8-5-9-23-59)58-38-46-67(47-39-58)94-83-35-21-17-31-73(83)88(3,4)75-49-41-63(55-85(75)94)61-43-51-81-71(53-61)69-29-15-19-33-79(69)92(81)65-26-12-7-13-27-65/h5-56H,1-4H3. The molecule has 0 spiro atoms. The number of hydrogen-bond donors (Lipinski definition) is 0. The summed E-state index contributed by atoms with van der Waals surface area (Å²) in [4.78, 5) is 15.6. The Morgan fingerprint density at radius 3 is 1.02 bits per heavy atom. The molecule has 446 valence electrons. The molecular formula is C88H64N6. The zero-order chi connectivity index (χ0) is 62.8. The van der Waals surface area contributed by atoms with Crippen LogP contribution >= 0.6 is 0 Å². The quantitative estimate of drug-likeness (QED) is 0.144. The molecule has 18 rings (SSSR count). The van der Waals surface area contributed by atoms with Crippen molar-refractivity contribution < 1.29 is 0 Å². The molecule has 0 saturated carbocycles. The van der Waals surface area contributed by atoms with Gasteiger partial charge in [-0.3, -0.25) is 0 Å². The molecule has 0 amide bonds. The minimum absolute atomic E-state index is 0.245. The summed E-state index contributed by atoms with van der Waals surface area (Å²) in [6.45, 7) is 9.43. The third-order valence-electron chi connectivity index (χ3n) is 20.1. The fourth-order valence-electron chi connectivity index (χ4n) is 15.4. The normalized spacial score (nSPS) is 13.7. The maximum Gasteiger partial charge on any atom is 0.160 e. The van der Waals surface area contributed by atoms with Gasteiger partial charge in [0.2, 0.25) is 0 Å². The molecule has 3 aromatic heterocycles. The van der Waals surface area contributed by atoms with Crippen LogP contribution in [-0.2, 0) is 10.8 Å². The molecule has 0 atom stereocenters. The third kappa shape index (κ3) is 8.70. The monoisotopic (exact) mass is 1200 g/mol. The lowest BCUT2D eigenvalue weighted by atomic mass is 9.73. The van der Waals surface area contributed by atoms with Crippen LogP contribution in [0.2, 0.25) is 0 Å². The van der Waals surface area contributed by atoms with Crippen LogP contribution in [0, 0.1) is 0 Å². The Morgan fingerprint density at radius 1 is 0.234 bits per heavy atom. The number of anilines is 6. The Labute approximate surface area is 547 Å². The van der Waals surface area contributed by atoms with Crippen LogP contribution in [0.5, 0.6) is 0 Å². The summed E-state index contributed by atoms with van der Waals surface area (Å²) in [6, 6.07) is 115. The van der Waals surface area contributed by atoms with Crippen LogP contribution in [0.15, 0.2) is 315 Å². The van der Waals surface area contributed by atoms with Crippen molar-refractivity contribution in [3.63, 3.8) is 0 Å². The van der Waals surface area contributed by atoms with E-state index < -0.39 is 0 Å². The summed E-state index contributed by atoms with van der Waals surface area (Å²) >= 11 is 0. The highest BCUT2D eigenvalue weighted by Crippen LogP contribution is 2.55. The van der Waals surface area contributed by atoms with Gasteiger partial charge in [0.05, 0.1) is 56.2 Å². The van der Waals surface area contributed by atoms with Crippen LogP contribution in [-0.4, -0.2) is 19.1 Å². The minimum Gasteiger partial charge on any atom is -0.310 e. The van der Waals surface area contributed by atoms with Crippen molar-refractivity contribution in [3.8, 4) is 67.5 Å². The lowest BCUT2D eigenvalue weighted by molar-refractivity contribution is 0.632. The van der Waals surface area contributed by atoms with Gasteiger partial charge in [0.15, 0.2) is 5.82 Å². The molecule has 0 unspecified atom stereocenters. The van der Waals surface area contributed by atoms with Gasteiger partial charge in [-0.05, 0) is 160 Å². The van der Waals surface area contributed by atoms with Crippen molar-refractivity contribution in [2.45, 2.75) is 38.5 Å². The summed E-state index contributed by atoms with van der Waals surface area (Å²) < 4.78 is 4.76. The van der Waals surface area contributed by atoms with Gasteiger partial charge in [-0.15, -0.1) is 0 Å². The van der Waals surface area contributed by atoms with Crippen molar-refractivity contribution in [3.05, 3.63) is 338 Å². The average Bonchev–Trinajstić information content (AvgIpc) is 0.927. The van der Waals surface area contributed by atoms with Gasteiger partial charge in [-0.1, -0.05) is 228 Å². The lowest BCUT2D eigenvalue weighted by Gasteiger charge is -2.42. The summed E-state index contributed by atoms with van der Waals surface area (Å²) in [5.41, 5.74) is 27.9. The Bertz CT molecular complexity index is 5330. The van der Waals surface area contributed by atoms with Crippen molar-refractivity contribution in [2.75, 3.05) is 9.80 Å². The zero-order valence-corrected chi connectivity index (χ0v) is 52.7. The van der Waals surface area contributed by atoms with Gasteiger partial charge >= 0.3 is 0 Å². The number of nitrogens with zero attached hydrogens (tertiary/aromatic N) is 6. The molecule has 0 bridgehead atoms. The molecule has 0 N–H and O–H groups in total. The Balaban J connectivity index is 0.708. The lowest BCUT2D eigenvalue weighted by Crippen LogP contribution is -2.30. The second-order valence-corrected chi connectivity index (χ2v) is 26.2. The predicted molar refractivity (Wildman–Crippen MR) is 392 cm³/mol. The van der Waals surface area contributed by atoms with Crippen molar-refractivity contribution in [1.29, 1.82) is 0 Å². The number of benzene rings is 13.